The van der Waals surface area contributed by atoms with E-state index < -0.39 is 0 Å². The highest BCUT2D eigenvalue weighted by molar-refractivity contribution is 5.70. The third-order valence-electron chi connectivity index (χ3n) is 4.82. The van der Waals surface area contributed by atoms with E-state index >= 15 is 0 Å². The van der Waals surface area contributed by atoms with Crippen LogP contribution in [0.3, 0.4) is 0 Å². The summed E-state index contributed by atoms with van der Waals surface area (Å²) in [6.07, 6.45) is 4.24. The first-order valence-corrected chi connectivity index (χ1v) is 9.19. The molecule has 4 rings (SSSR count). The fourth-order valence-electron chi connectivity index (χ4n) is 3.24. The smallest absolute Gasteiger partial charge is 0.415 e. The van der Waals surface area contributed by atoms with E-state index in [-0.39, 0.29) is 25.3 Å². The maximum Gasteiger partial charge on any atom is 0.415 e. The van der Waals surface area contributed by atoms with Crippen molar-refractivity contribution in [1.82, 2.24) is 14.9 Å². The summed E-state index contributed by atoms with van der Waals surface area (Å²) >= 11 is 0. The lowest BCUT2D eigenvalue weighted by Gasteiger charge is -2.29. The first kappa shape index (κ1) is 20.5. The maximum absolute atomic E-state index is 13.4. The van der Waals surface area contributed by atoms with Gasteiger partial charge in [-0.1, -0.05) is 19.6 Å². The van der Waals surface area contributed by atoms with Crippen molar-refractivity contribution in [2.45, 2.75) is 33.1 Å². The third kappa shape index (κ3) is 4.80. The second-order valence-electron chi connectivity index (χ2n) is 6.84. The molecule has 1 aliphatic rings. The van der Waals surface area contributed by atoms with Crippen molar-refractivity contribution in [1.29, 1.82) is 0 Å². The molecule has 1 aliphatic heterocycles. The number of piperidine rings is 1. The topological polar surface area (TPSA) is 68.5 Å². The summed E-state index contributed by atoms with van der Waals surface area (Å²) in [7, 11) is 0. The van der Waals surface area contributed by atoms with Gasteiger partial charge in [-0.2, -0.15) is 0 Å². The first-order valence-electron chi connectivity index (χ1n) is 9.19. The number of carbonyl (C=O) groups excluding carboxylic acids is 1. The van der Waals surface area contributed by atoms with Crippen LogP contribution in [0, 0.1) is 12.7 Å². The summed E-state index contributed by atoms with van der Waals surface area (Å²) in [6, 6.07) is 9.76. The van der Waals surface area contributed by atoms with E-state index in [4.69, 9.17) is 9.15 Å². The van der Waals surface area contributed by atoms with Gasteiger partial charge in [0.1, 0.15) is 5.82 Å². The number of ether oxygens (including phenoxy) is 1. The molecule has 1 aromatic carbocycles. The number of oxazole rings is 1. The first-order chi connectivity index (χ1) is 13.6. The Labute approximate surface area is 169 Å². The molecule has 0 bridgehead atoms. The number of halogens is 1. The number of pyridine rings is 1. The van der Waals surface area contributed by atoms with Crippen molar-refractivity contribution in [3.8, 4) is 17.1 Å². The van der Waals surface area contributed by atoms with Crippen molar-refractivity contribution in [2.75, 3.05) is 13.1 Å². The summed E-state index contributed by atoms with van der Waals surface area (Å²) < 4.78 is 24.6. The molecule has 6 nitrogen and oxygen atoms in total. The van der Waals surface area contributed by atoms with Crippen LogP contribution in [-0.2, 0) is 0 Å². The van der Waals surface area contributed by atoms with E-state index in [0.717, 1.165) is 18.5 Å². The van der Waals surface area contributed by atoms with Crippen molar-refractivity contribution >= 4 is 6.09 Å². The molecule has 0 atom stereocenters. The van der Waals surface area contributed by atoms with Gasteiger partial charge < -0.3 is 14.1 Å². The van der Waals surface area contributed by atoms with Crippen molar-refractivity contribution in [3.63, 3.8) is 0 Å². The van der Waals surface area contributed by atoms with E-state index in [2.05, 4.69) is 9.97 Å². The Morgan fingerprint density at radius 3 is 2.66 bits per heavy atom. The van der Waals surface area contributed by atoms with Gasteiger partial charge in [0, 0.05) is 30.3 Å². The van der Waals surface area contributed by atoms with Crippen LogP contribution in [0.25, 0.3) is 11.3 Å². The van der Waals surface area contributed by atoms with E-state index in [0.29, 0.717) is 36.1 Å². The average molecular weight is 397 g/mol. The summed E-state index contributed by atoms with van der Waals surface area (Å²) in [4.78, 5) is 22.5. The number of amides is 1. The summed E-state index contributed by atoms with van der Waals surface area (Å²) in [5.74, 6) is 1.40. The molecular formula is C22H24FN3O3. The van der Waals surface area contributed by atoms with Crippen molar-refractivity contribution in [2.24, 2.45) is 0 Å². The molecule has 3 heterocycles. The Balaban J connectivity index is 0.00000240. The van der Waals surface area contributed by atoms with Gasteiger partial charge in [-0.3, -0.25) is 4.98 Å². The Morgan fingerprint density at radius 2 is 1.97 bits per heavy atom. The number of hydrogen-bond donors (Lipinski definition) is 0. The number of aryl methyl sites for hydroxylation is 1. The van der Waals surface area contributed by atoms with Gasteiger partial charge in [-0.25, -0.2) is 14.2 Å². The summed E-state index contributed by atoms with van der Waals surface area (Å²) in [5.41, 5.74) is 1.52. The number of likely N-dealkylation sites (tertiary alicyclic amines) is 1. The Bertz CT molecular complexity index is 963. The SMILES string of the molecule is C.Cc1ccc(OC(=O)N2CCC(c3ncc(-c4cccc(F)c4)o3)CC2)cn1. The average Bonchev–Trinajstić information content (AvgIpc) is 3.20. The Morgan fingerprint density at radius 1 is 1.17 bits per heavy atom. The predicted molar refractivity (Wildman–Crippen MR) is 107 cm³/mol. The highest BCUT2D eigenvalue weighted by atomic mass is 19.1. The lowest BCUT2D eigenvalue weighted by molar-refractivity contribution is 0.136. The minimum atomic E-state index is -0.378. The number of benzene rings is 1. The third-order valence-corrected chi connectivity index (χ3v) is 4.82. The molecular weight excluding hydrogens is 373 g/mol. The van der Waals surface area contributed by atoms with Gasteiger partial charge >= 0.3 is 6.09 Å². The van der Waals surface area contributed by atoms with Crippen LogP contribution in [0.1, 0.15) is 37.8 Å². The molecule has 3 aromatic rings. The zero-order valence-corrected chi connectivity index (χ0v) is 15.5. The van der Waals surface area contributed by atoms with Gasteiger partial charge in [0.25, 0.3) is 0 Å². The molecule has 152 valence electrons. The van der Waals surface area contributed by atoms with Crippen LogP contribution in [0.15, 0.2) is 53.2 Å². The zero-order valence-electron chi connectivity index (χ0n) is 15.5. The fraction of sp³-hybridized carbons (Fsp3) is 0.318. The molecule has 0 radical (unpaired) electrons. The molecule has 2 aromatic heterocycles. The van der Waals surface area contributed by atoms with Crippen LogP contribution in [-0.4, -0.2) is 34.1 Å². The van der Waals surface area contributed by atoms with E-state index in [1.54, 1.807) is 41.6 Å². The number of nitrogens with zero attached hydrogens (tertiary/aromatic N) is 3. The van der Waals surface area contributed by atoms with Crippen LogP contribution >= 0.6 is 0 Å². The van der Waals surface area contributed by atoms with Gasteiger partial charge in [0.15, 0.2) is 17.4 Å². The Kier molecular flexibility index (Phi) is 6.26. The van der Waals surface area contributed by atoms with E-state index in [1.807, 2.05) is 6.92 Å². The molecule has 0 unspecified atom stereocenters. The monoisotopic (exact) mass is 397 g/mol. The molecule has 0 saturated carbocycles. The lowest BCUT2D eigenvalue weighted by Crippen LogP contribution is -2.39. The minimum Gasteiger partial charge on any atom is -0.440 e. The minimum absolute atomic E-state index is 0. The number of aromatic nitrogens is 2. The fourth-order valence-corrected chi connectivity index (χ4v) is 3.24. The molecule has 0 aliphatic carbocycles. The van der Waals surface area contributed by atoms with Crippen molar-refractivity contribution < 1.29 is 18.3 Å². The van der Waals surface area contributed by atoms with Gasteiger partial charge in [-0.15, -0.1) is 0 Å². The Hall–Kier alpha value is -3.22. The molecule has 29 heavy (non-hydrogen) atoms. The van der Waals surface area contributed by atoms with E-state index in [1.165, 1.54) is 12.1 Å². The molecule has 1 fully saturated rings. The second-order valence-corrected chi connectivity index (χ2v) is 6.84. The van der Waals surface area contributed by atoms with E-state index in [9.17, 15) is 9.18 Å². The molecule has 1 saturated heterocycles. The quantitative estimate of drug-likeness (QED) is 0.608. The zero-order chi connectivity index (χ0) is 19.5. The number of hydrogen-bond acceptors (Lipinski definition) is 5. The number of carbonyl (C=O) groups is 1. The van der Waals surface area contributed by atoms with Gasteiger partial charge in [0.05, 0.1) is 12.4 Å². The largest absolute Gasteiger partial charge is 0.440 e. The highest BCUT2D eigenvalue weighted by Gasteiger charge is 2.28. The van der Waals surface area contributed by atoms with Gasteiger partial charge in [-0.05, 0) is 44.0 Å². The normalized spacial score (nSPS) is 14.3. The summed E-state index contributed by atoms with van der Waals surface area (Å²) in [5, 5.41) is 0. The second kappa shape index (κ2) is 8.86. The predicted octanol–water partition coefficient (Wildman–Crippen LogP) is 5.20. The van der Waals surface area contributed by atoms with Crippen LogP contribution in [0.4, 0.5) is 9.18 Å². The van der Waals surface area contributed by atoms with Crippen molar-refractivity contribution in [3.05, 3.63) is 66.2 Å². The highest BCUT2D eigenvalue weighted by Crippen LogP contribution is 2.31. The molecule has 7 heteroatoms. The standard InChI is InChI=1S/C21H20FN3O3.CH4/c1-14-5-6-18(12-23-14)27-21(26)25-9-7-15(8-10-25)20-24-13-19(28-20)16-3-2-4-17(22)11-16;/h2-6,11-13,15H,7-10H2,1H3;1H4. The summed E-state index contributed by atoms with van der Waals surface area (Å²) in [6.45, 7) is 2.99. The molecule has 1 amide bonds. The maximum atomic E-state index is 13.4. The molecule has 0 N–H and O–H groups in total. The lowest BCUT2D eigenvalue weighted by atomic mass is 9.97. The van der Waals surface area contributed by atoms with Crippen LogP contribution in [0.2, 0.25) is 0 Å². The van der Waals surface area contributed by atoms with Gasteiger partial charge in [0.2, 0.25) is 0 Å². The van der Waals surface area contributed by atoms with Crippen LogP contribution < -0.4 is 4.74 Å². The molecule has 0 spiro atoms. The number of rotatable bonds is 3. The van der Waals surface area contributed by atoms with Crippen LogP contribution in [0.5, 0.6) is 5.75 Å².